The van der Waals surface area contributed by atoms with E-state index in [4.69, 9.17) is 4.99 Å². The second kappa shape index (κ2) is 10.2. The fourth-order valence-electron chi connectivity index (χ4n) is 3.24. The van der Waals surface area contributed by atoms with Crippen molar-refractivity contribution >= 4 is 5.96 Å². The largest absolute Gasteiger partial charge is 0.357 e. The highest BCUT2D eigenvalue weighted by atomic mass is 15.3. The van der Waals surface area contributed by atoms with Crippen molar-refractivity contribution < 1.29 is 0 Å². The van der Waals surface area contributed by atoms with E-state index < -0.39 is 0 Å². The maximum Gasteiger partial charge on any atom is 0.191 e. The van der Waals surface area contributed by atoms with Crippen LogP contribution in [0.2, 0.25) is 0 Å². The monoisotopic (exact) mass is 414 g/mol. The van der Waals surface area contributed by atoms with Gasteiger partial charge in [-0.25, -0.2) is 14.7 Å². The van der Waals surface area contributed by atoms with Crippen LogP contribution < -0.4 is 10.6 Å². The van der Waals surface area contributed by atoms with Crippen LogP contribution in [0.3, 0.4) is 0 Å². The van der Waals surface area contributed by atoms with Crippen molar-refractivity contribution in [3.8, 4) is 17.1 Å². The number of H-pyrrole nitrogens is 1. The summed E-state index contributed by atoms with van der Waals surface area (Å²) in [6.45, 7) is 4.25. The molecule has 0 unspecified atom stereocenters. The third-order valence-electron chi connectivity index (χ3n) is 4.79. The molecular formula is C23H26N8. The smallest absolute Gasteiger partial charge is 0.191 e. The molecule has 2 aromatic carbocycles. The first kappa shape index (κ1) is 20.3. The zero-order valence-electron chi connectivity index (χ0n) is 17.5. The molecule has 0 spiro atoms. The molecule has 0 bridgehead atoms. The van der Waals surface area contributed by atoms with E-state index in [-0.39, 0.29) is 0 Å². The van der Waals surface area contributed by atoms with Crippen LogP contribution in [0, 0.1) is 0 Å². The third-order valence-corrected chi connectivity index (χ3v) is 4.79. The molecule has 8 nitrogen and oxygen atoms in total. The molecule has 4 aromatic rings. The number of aliphatic imine (C=N–C) groups is 1. The van der Waals surface area contributed by atoms with Crippen LogP contribution in [0.5, 0.6) is 0 Å². The molecular weight excluding hydrogens is 388 g/mol. The Labute approximate surface area is 181 Å². The van der Waals surface area contributed by atoms with E-state index in [2.05, 4.69) is 74.2 Å². The molecule has 2 heterocycles. The molecule has 0 radical (unpaired) electrons. The Morgan fingerprint density at radius 1 is 1.06 bits per heavy atom. The Kier molecular flexibility index (Phi) is 6.69. The number of guanidine groups is 1. The minimum atomic E-state index is 0.579. The number of nitrogens with zero attached hydrogens (tertiary/aromatic N) is 5. The van der Waals surface area contributed by atoms with Gasteiger partial charge in [-0.1, -0.05) is 30.3 Å². The van der Waals surface area contributed by atoms with Gasteiger partial charge < -0.3 is 10.6 Å². The molecule has 0 aliphatic carbocycles. The average Bonchev–Trinajstić information content (AvgIpc) is 3.53. The standard InChI is InChI=1S/C23H26N8/c1-2-24-23(26-16-19-5-3-6-20(15-19)22-27-17-28-30-22)25-13-11-18-7-9-21(10-8-18)31-14-4-12-29-31/h3-10,12,14-15,17H,2,11,13,16H2,1H3,(H2,24,25,26)(H,27,28,30). The van der Waals surface area contributed by atoms with Gasteiger partial charge in [0.2, 0.25) is 0 Å². The SMILES string of the molecule is CCNC(=NCc1cccc(-c2ncn[nH]2)c1)NCCc1ccc(-n2cccn2)cc1. The van der Waals surface area contributed by atoms with Gasteiger partial charge in [0.15, 0.2) is 11.8 Å². The normalized spacial score (nSPS) is 11.5. The van der Waals surface area contributed by atoms with E-state index in [0.717, 1.165) is 48.1 Å². The number of aromatic amines is 1. The molecule has 0 saturated carbocycles. The van der Waals surface area contributed by atoms with Crippen LogP contribution in [0.25, 0.3) is 17.1 Å². The van der Waals surface area contributed by atoms with E-state index >= 15 is 0 Å². The Balaban J connectivity index is 1.32. The fraction of sp³-hybridized carbons (Fsp3) is 0.217. The lowest BCUT2D eigenvalue weighted by Gasteiger charge is -2.12. The van der Waals surface area contributed by atoms with Crippen LogP contribution in [-0.2, 0) is 13.0 Å². The van der Waals surface area contributed by atoms with E-state index in [1.54, 1.807) is 6.20 Å². The molecule has 3 N–H and O–H groups in total. The molecule has 0 atom stereocenters. The topological polar surface area (TPSA) is 95.8 Å². The lowest BCUT2D eigenvalue weighted by molar-refractivity contribution is 0.799. The zero-order chi connectivity index (χ0) is 21.3. The number of nitrogens with one attached hydrogen (secondary N) is 3. The van der Waals surface area contributed by atoms with Crippen LogP contribution >= 0.6 is 0 Å². The summed E-state index contributed by atoms with van der Waals surface area (Å²) in [6, 6.07) is 18.5. The number of benzene rings is 2. The highest BCUT2D eigenvalue weighted by Crippen LogP contribution is 2.16. The Hall–Kier alpha value is -3.94. The number of aromatic nitrogens is 5. The summed E-state index contributed by atoms with van der Waals surface area (Å²) in [4.78, 5) is 8.93. The van der Waals surface area contributed by atoms with Gasteiger partial charge >= 0.3 is 0 Å². The van der Waals surface area contributed by atoms with E-state index in [1.165, 1.54) is 11.9 Å². The van der Waals surface area contributed by atoms with Gasteiger partial charge in [0.1, 0.15) is 6.33 Å². The van der Waals surface area contributed by atoms with Crippen molar-refractivity contribution in [3.05, 3.63) is 84.4 Å². The molecule has 8 heteroatoms. The summed E-state index contributed by atoms with van der Waals surface area (Å²) in [5.41, 5.74) is 4.44. The molecule has 4 rings (SSSR count). The van der Waals surface area contributed by atoms with E-state index in [0.29, 0.717) is 6.54 Å². The number of hydrogen-bond donors (Lipinski definition) is 3. The van der Waals surface area contributed by atoms with Crippen LogP contribution in [0.1, 0.15) is 18.1 Å². The molecule has 0 fully saturated rings. The predicted molar refractivity (Wildman–Crippen MR) is 122 cm³/mol. The van der Waals surface area contributed by atoms with Crippen molar-refractivity contribution in [1.82, 2.24) is 35.6 Å². The maximum atomic E-state index is 4.72. The van der Waals surface area contributed by atoms with Gasteiger partial charge in [0.05, 0.1) is 12.2 Å². The predicted octanol–water partition coefficient (Wildman–Crippen LogP) is 2.96. The lowest BCUT2D eigenvalue weighted by atomic mass is 10.1. The lowest BCUT2D eigenvalue weighted by Crippen LogP contribution is -2.38. The van der Waals surface area contributed by atoms with E-state index in [9.17, 15) is 0 Å². The summed E-state index contributed by atoms with van der Waals surface area (Å²) < 4.78 is 1.86. The van der Waals surface area contributed by atoms with E-state index in [1.807, 2.05) is 29.1 Å². The second-order valence-electron chi connectivity index (χ2n) is 7.02. The van der Waals surface area contributed by atoms with Gasteiger partial charge in [-0.3, -0.25) is 5.10 Å². The molecule has 0 amide bonds. The summed E-state index contributed by atoms with van der Waals surface area (Å²) in [7, 11) is 0. The first-order valence-electron chi connectivity index (χ1n) is 10.4. The highest BCUT2D eigenvalue weighted by molar-refractivity contribution is 5.79. The molecule has 31 heavy (non-hydrogen) atoms. The third kappa shape index (κ3) is 5.57. The van der Waals surface area contributed by atoms with Crippen LogP contribution in [0.15, 0.2) is 78.3 Å². The zero-order valence-corrected chi connectivity index (χ0v) is 17.5. The van der Waals surface area contributed by atoms with Crippen molar-refractivity contribution in [3.63, 3.8) is 0 Å². The molecule has 2 aromatic heterocycles. The van der Waals surface area contributed by atoms with Crippen LogP contribution in [-0.4, -0.2) is 44.0 Å². The Bertz CT molecular complexity index is 1080. The summed E-state index contributed by atoms with van der Waals surface area (Å²) in [5, 5.41) is 17.8. The summed E-state index contributed by atoms with van der Waals surface area (Å²) in [6.07, 6.45) is 6.14. The number of rotatable bonds is 8. The minimum Gasteiger partial charge on any atom is -0.357 e. The van der Waals surface area contributed by atoms with Gasteiger partial charge in [0, 0.05) is 31.0 Å². The summed E-state index contributed by atoms with van der Waals surface area (Å²) in [5.74, 6) is 1.56. The quantitative estimate of drug-likeness (QED) is 0.304. The van der Waals surface area contributed by atoms with Crippen molar-refractivity contribution in [2.75, 3.05) is 13.1 Å². The first-order valence-corrected chi connectivity index (χ1v) is 10.4. The van der Waals surface area contributed by atoms with Gasteiger partial charge in [0.25, 0.3) is 0 Å². The minimum absolute atomic E-state index is 0.579. The molecule has 158 valence electrons. The average molecular weight is 415 g/mol. The second-order valence-corrected chi connectivity index (χ2v) is 7.02. The highest BCUT2D eigenvalue weighted by Gasteiger charge is 2.03. The Morgan fingerprint density at radius 3 is 2.71 bits per heavy atom. The molecule has 0 aliphatic rings. The van der Waals surface area contributed by atoms with Crippen molar-refractivity contribution in [2.45, 2.75) is 19.9 Å². The Morgan fingerprint density at radius 2 is 1.97 bits per heavy atom. The maximum absolute atomic E-state index is 4.72. The summed E-state index contributed by atoms with van der Waals surface area (Å²) >= 11 is 0. The van der Waals surface area contributed by atoms with Gasteiger partial charge in [-0.05, 0) is 48.7 Å². The molecule has 0 saturated heterocycles. The van der Waals surface area contributed by atoms with Gasteiger partial charge in [-0.15, -0.1) is 0 Å². The van der Waals surface area contributed by atoms with Crippen molar-refractivity contribution in [2.24, 2.45) is 4.99 Å². The first-order chi connectivity index (χ1) is 15.3. The number of hydrogen-bond acceptors (Lipinski definition) is 4. The fourth-order valence-corrected chi connectivity index (χ4v) is 3.24. The van der Waals surface area contributed by atoms with Gasteiger partial charge in [-0.2, -0.15) is 10.2 Å². The van der Waals surface area contributed by atoms with Crippen molar-refractivity contribution in [1.29, 1.82) is 0 Å². The van der Waals surface area contributed by atoms with Crippen LogP contribution in [0.4, 0.5) is 0 Å². The molecule has 0 aliphatic heterocycles.